The number of benzene rings is 2. The first kappa shape index (κ1) is 20.6. The lowest BCUT2D eigenvalue weighted by molar-refractivity contribution is -0.122. The topological polar surface area (TPSA) is 84.9 Å². The van der Waals surface area contributed by atoms with Crippen LogP contribution in [0.3, 0.4) is 0 Å². The molecule has 1 N–H and O–H groups in total. The third-order valence-corrected chi connectivity index (χ3v) is 6.46. The molecule has 7 nitrogen and oxygen atoms in total. The van der Waals surface area contributed by atoms with Gasteiger partial charge in [0.1, 0.15) is 5.75 Å². The fourth-order valence-corrected chi connectivity index (χ4v) is 4.26. The fraction of sp³-hybridized carbons (Fsp3) is 0.316. The van der Waals surface area contributed by atoms with Crippen LogP contribution < -0.4 is 10.1 Å². The molecule has 1 heterocycles. The van der Waals surface area contributed by atoms with Gasteiger partial charge in [0.15, 0.2) is 6.10 Å². The molecule has 1 fully saturated rings. The Bertz CT molecular complexity index is 928. The molecule has 28 heavy (non-hydrogen) atoms. The Hall–Kier alpha value is -2.13. The van der Waals surface area contributed by atoms with Gasteiger partial charge in [0.25, 0.3) is 5.91 Å². The van der Waals surface area contributed by atoms with Crippen molar-refractivity contribution in [2.75, 3.05) is 31.6 Å². The maximum atomic E-state index is 12.6. The summed E-state index contributed by atoms with van der Waals surface area (Å²) < 4.78 is 37.4. The summed E-state index contributed by atoms with van der Waals surface area (Å²) in [6.45, 7) is 3.04. The van der Waals surface area contributed by atoms with Crippen molar-refractivity contribution in [2.45, 2.75) is 17.9 Å². The molecule has 2 aromatic carbocycles. The summed E-state index contributed by atoms with van der Waals surface area (Å²) in [4.78, 5) is 12.5. The molecule has 1 saturated heterocycles. The average molecular weight is 425 g/mol. The van der Waals surface area contributed by atoms with Crippen LogP contribution >= 0.6 is 11.6 Å². The van der Waals surface area contributed by atoms with Gasteiger partial charge < -0.3 is 14.8 Å². The van der Waals surface area contributed by atoms with E-state index in [-0.39, 0.29) is 10.8 Å². The molecule has 0 unspecified atom stereocenters. The van der Waals surface area contributed by atoms with Crippen LogP contribution in [0.2, 0.25) is 5.02 Å². The highest BCUT2D eigenvalue weighted by molar-refractivity contribution is 7.89. The molecule has 0 radical (unpaired) electrons. The smallest absolute Gasteiger partial charge is 0.265 e. The molecule has 0 spiro atoms. The largest absolute Gasteiger partial charge is 0.479 e. The third-order valence-electron chi connectivity index (χ3n) is 4.24. The summed E-state index contributed by atoms with van der Waals surface area (Å²) in [6.07, 6.45) is -0.781. The minimum atomic E-state index is -3.57. The van der Waals surface area contributed by atoms with E-state index in [4.69, 9.17) is 21.1 Å². The number of rotatable bonds is 6. The van der Waals surface area contributed by atoms with Crippen molar-refractivity contribution >= 4 is 33.2 Å². The average Bonchev–Trinajstić information content (AvgIpc) is 2.70. The minimum Gasteiger partial charge on any atom is -0.479 e. The van der Waals surface area contributed by atoms with Gasteiger partial charge in [-0.05, 0) is 43.3 Å². The van der Waals surface area contributed by atoms with Crippen LogP contribution in [0.15, 0.2) is 53.4 Å². The normalized spacial score (nSPS) is 16.4. The lowest BCUT2D eigenvalue weighted by Crippen LogP contribution is -2.40. The summed E-state index contributed by atoms with van der Waals surface area (Å²) in [5.41, 5.74) is 0.473. The van der Waals surface area contributed by atoms with Gasteiger partial charge in [-0.2, -0.15) is 4.31 Å². The van der Waals surface area contributed by atoms with Gasteiger partial charge in [0, 0.05) is 18.8 Å². The molecule has 1 atom stereocenters. The number of para-hydroxylation sites is 1. The van der Waals surface area contributed by atoms with E-state index in [2.05, 4.69) is 5.32 Å². The molecule has 1 aliphatic heterocycles. The second-order valence-electron chi connectivity index (χ2n) is 6.22. The molecule has 3 rings (SSSR count). The molecule has 2 aromatic rings. The van der Waals surface area contributed by atoms with Crippen molar-refractivity contribution in [1.82, 2.24) is 4.31 Å². The van der Waals surface area contributed by atoms with Crippen molar-refractivity contribution in [3.63, 3.8) is 0 Å². The number of anilines is 1. The van der Waals surface area contributed by atoms with Crippen molar-refractivity contribution in [2.24, 2.45) is 0 Å². The van der Waals surface area contributed by atoms with E-state index in [0.717, 1.165) is 0 Å². The molecular weight excluding hydrogens is 404 g/mol. The lowest BCUT2D eigenvalue weighted by Gasteiger charge is -2.26. The van der Waals surface area contributed by atoms with Gasteiger partial charge in [-0.1, -0.05) is 23.7 Å². The number of amides is 1. The van der Waals surface area contributed by atoms with E-state index >= 15 is 0 Å². The van der Waals surface area contributed by atoms with Gasteiger partial charge in [0.2, 0.25) is 10.0 Å². The number of ether oxygens (including phenoxy) is 2. The molecule has 9 heteroatoms. The standard InChI is InChI=1S/C19H21ClN2O5S/c1-14(27-18-5-3-2-4-17(18)20)19(23)21-15-6-8-16(9-7-15)28(24,25)22-10-12-26-13-11-22/h2-9,14H,10-13H2,1H3,(H,21,23)/t14-/m0/s1. The third kappa shape index (κ3) is 4.82. The van der Waals surface area contributed by atoms with Crippen LogP contribution in [0.25, 0.3) is 0 Å². The molecule has 0 saturated carbocycles. The van der Waals surface area contributed by atoms with Gasteiger partial charge in [0.05, 0.1) is 23.1 Å². The molecular formula is C19H21ClN2O5S. The maximum Gasteiger partial charge on any atom is 0.265 e. The van der Waals surface area contributed by atoms with Gasteiger partial charge in [-0.3, -0.25) is 4.79 Å². The molecule has 0 aromatic heterocycles. The Balaban J connectivity index is 1.63. The number of halogens is 1. The zero-order valence-corrected chi connectivity index (χ0v) is 16.9. The Labute approximate surface area is 169 Å². The predicted octanol–water partition coefficient (Wildman–Crippen LogP) is 2.77. The lowest BCUT2D eigenvalue weighted by atomic mass is 10.3. The summed E-state index contributed by atoms with van der Waals surface area (Å²) in [7, 11) is -3.57. The monoisotopic (exact) mass is 424 g/mol. The van der Waals surface area contributed by atoms with Crippen molar-refractivity contribution < 1.29 is 22.7 Å². The fourth-order valence-electron chi connectivity index (χ4n) is 2.67. The zero-order chi connectivity index (χ0) is 20.1. The SMILES string of the molecule is C[C@H](Oc1ccccc1Cl)C(=O)Nc1ccc(S(=O)(=O)N2CCOCC2)cc1. The number of morpholine rings is 1. The first-order valence-corrected chi connectivity index (χ1v) is 10.6. The van der Waals surface area contributed by atoms with Crippen LogP contribution in [0.5, 0.6) is 5.75 Å². The van der Waals surface area contributed by atoms with E-state index in [9.17, 15) is 13.2 Å². The molecule has 150 valence electrons. The number of hydrogen-bond acceptors (Lipinski definition) is 5. The Morgan fingerprint density at radius 2 is 1.79 bits per heavy atom. The van der Waals surface area contributed by atoms with Gasteiger partial charge >= 0.3 is 0 Å². The van der Waals surface area contributed by atoms with E-state index in [1.54, 1.807) is 43.3 Å². The quantitative estimate of drug-likeness (QED) is 0.770. The summed E-state index contributed by atoms with van der Waals surface area (Å²) in [5.74, 6) is 0.0440. The highest BCUT2D eigenvalue weighted by atomic mass is 35.5. The van der Waals surface area contributed by atoms with Crippen LogP contribution in [0.4, 0.5) is 5.69 Å². The van der Waals surface area contributed by atoms with Crippen molar-refractivity contribution in [3.8, 4) is 5.75 Å². The first-order chi connectivity index (χ1) is 13.4. The maximum absolute atomic E-state index is 12.6. The molecule has 1 amide bonds. The van der Waals surface area contributed by atoms with E-state index in [1.165, 1.54) is 16.4 Å². The Kier molecular flexibility index (Phi) is 6.56. The van der Waals surface area contributed by atoms with Crippen LogP contribution in [0.1, 0.15) is 6.92 Å². The van der Waals surface area contributed by atoms with E-state index in [0.29, 0.717) is 42.8 Å². The van der Waals surface area contributed by atoms with Gasteiger partial charge in [-0.15, -0.1) is 0 Å². The minimum absolute atomic E-state index is 0.174. The Morgan fingerprint density at radius 1 is 1.14 bits per heavy atom. The predicted molar refractivity (Wildman–Crippen MR) is 106 cm³/mol. The zero-order valence-electron chi connectivity index (χ0n) is 15.3. The van der Waals surface area contributed by atoms with Crippen LogP contribution in [-0.2, 0) is 19.6 Å². The first-order valence-electron chi connectivity index (χ1n) is 8.78. The number of nitrogens with one attached hydrogen (secondary N) is 1. The van der Waals surface area contributed by atoms with Gasteiger partial charge in [-0.25, -0.2) is 8.42 Å². The van der Waals surface area contributed by atoms with Crippen LogP contribution in [0, 0.1) is 0 Å². The number of carbonyl (C=O) groups is 1. The molecule has 0 aliphatic carbocycles. The highest BCUT2D eigenvalue weighted by Crippen LogP contribution is 2.25. The summed E-state index contributed by atoms with van der Waals surface area (Å²) in [6, 6.07) is 12.9. The second-order valence-corrected chi connectivity index (χ2v) is 8.57. The number of carbonyl (C=O) groups excluding carboxylic acids is 1. The molecule has 0 bridgehead atoms. The number of sulfonamides is 1. The van der Waals surface area contributed by atoms with Crippen molar-refractivity contribution in [3.05, 3.63) is 53.6 Å². The number of hydrogen-bond donors (Lipinski definition) is 1. The summed E-state index contributed by atoms with van der Waals surface area (Å²) in [5, 5.41) is 3.12. The highest BCUT2D eigenvalue weighted by Gasteiger charge is 2.26. The Morgan fingerprint density at radius 3 is 2.43 bits per heavy atom. The molecule has 1 aliphatic rings. The second kappa shape index (κ2) is 8.91. The van der Waals surface area contributed by atoms with E-state index < -0.39 is 16.1 Å². The summed E-state index contributed by atoms with van der Waals surface area (Å²) >= 11 is 6.03. The van der Waals surface area contributed by atoms with Crippen molar-refractivity contribution in [1.29, 1.82) is 0 Å². The van der Waals surface area contributed by atoms with E-state index in [1.807, 2.05) is 0 Å². The van der Waals surface area contributed by atoms with Crippen LogP contribution in [-0.4, -0.2) is 51.0 Å². The number of nitrogens with zero attached hydrogens (tertiary/aromatic N) is 1.